The number of fused-ring (bicyclic) bond motifs is 1. The average molecular weight is 495 g/mol. The molecule has 2 heterocycles. The molecule has 0 unspecified atom stereocenters. The molecule has 174 valence electrons. The van der Waals surface area contributed by atoms with Gasteiger partial charge in [0.1, 0.15) is 6.54 Å². The fourth-order valence-corrected chi connectivity index (χ4v) is 5.70. The molecular weight excluding hydrogens is 467 g/mol. The number of quaternary nitrogens is 1. The predicted octanol–water partition coefficient (Wildman–Crippen LogP) is 3.47. The molecule has 2 atom stereocenters. The monoisotopic (exact) mass is 494 g/mol. The third-order valence-electron chi connectivity index (χ3n) is 7.29. The first-order chi connectivity index (χ1) is 16.3. The van der Waals surface area contributed by atoms with E-state index in [1.165, 1.54) is 5.57 Å². The molecule has 0 radical (unpaired) electrons. The molecule has 0 saturated heterocycles. The molecule has 3 aromatic rings. The molecule has 5 nitrogen and oxygen atoms in total. The van der Waals surface area contributed by atoms with E-state index in [1.54, 1.807) is 10.6 Å². The van der Waals surface area contributed by atoms with Crippen molar-refractivity contribution in [2.45, 2.75) is 24.4 Å². The van der Waals surface area contributed by atoms with Gasteiger partial charge in [0.05, 0.1) is 7.05 Å². The summed E-state index contributed by atoms with van der Waals surface area (Å²) in [6.07, 6.45) is 5.84. The highest BCUT2D eigenvalue weighted by Gasteiger charge is 2.50. The van der Waals surface area contributed by atoms with E-state index < -0.39 is 5.54 Å². The van der Waals surface area contributed by atoms with E-state index in [0.717, 1.165) is 47.3 Å². The number of likely N-dealkylation sites (N-methyl/N-ethyl adjacent to an activating group) is 1. The smallest absolute Gasteiger partial charge is 0.251 e. The Labute approximate surface area is 209 Å². The molecule has 0 spiro atoms. The van der Waals surface area contributed by atoms with E-state index in [0.29, 0.717) is 10.0 Å². The first-order valence-electron chi connectivity index (χ1n) is 11.4. The molecule has 0 amide bonds. The number of nitrogens with zero attached hydrogens (tertiary/aromatic N) is 2. The summed E-state index contributed by atoms with van der Waals surface area (Å²) in [5.41, 5.74) is 10.6. The number of benzene rings is 2. The van der Waals surface area contributed by atoms with Crippen molar-refractivity contribution in [3.8, 4) is 11.1 Å². The van der Waals surface area contributed by atoms with Crippen LogP contribution in [0, 0.1) is 0 Å². The minimum absolute atomic E-state index is 0.0153. The van der Waals surface area contributed by atoms with Crippen molar-refractivity contribution in [2.75, 3.05) is 13.6 Å². The van der Waals surface area contributed by atoms with Crippen LogP contribution in [0.3, 0.4) is 0 Å². The highest BCUT2D eigenvalue weighted by Crippen LogP contribution is 2.40. The van der Waals surface area contributed by atoms with Crippen LogP contribution in [0.25, 0.3) is 17.2 Å². The Hall–Kier alpha value is -2.86. The second-order valence-electron chi connectivity index (χ2n) is 9.19. The predicted molar refractivity (Wildman–Crippen MR) is 138 cm³/mol. The van der Waals surface area contributed by atoms with Crippen molar-refractivity contribution in [2.24, 2.45) is 7.05 Å². The minimum Gasteiger partial charge on any atom is -0.342 e. The standard InChI is InChI=1S/C27H26Cl2N4O/c1-32-16-31-15-25(32)27(30,18-6-9-20(28)10-7-18)19-8-11-24-23(13-19)22(14-26(34)33(24)2)17-4-3-5-21(29)12-17/h3-7,9-10,12-14,16,25H,8,11,15,30H2,1-2H3/p+2/t25-,27-/m1/s1. The Balaban J connectivity index is 1.74. The molecule has 5 rings (SSSR count). The summed E-state index contributed by atoms with van der Waals surface area (Å²) in [5.74, 6) is 0. The Morgan fingerprint density at radius 1 is 1.09 bits per heavy atom. The molecule has 1 aromatic heterocycles. The lowest BCUT2D eigenvalue weighted by atomic mass is 9.72. The maximum absolute atomic E-state index is 12.8. The van der Waals surface area contributed by atoms with Crippen molar-refractivity contribution < 1.29 is 10.3 Å². The van der Waals surface area contributed by atoms with Gasteiger partial charge >= 0.3 is 0 Å². The van der Waals surface area contributed by atoms with Crippen LogP contribution in [0.2, 0.25) is 10.0 Å². The number of rotatable bonds is 4. The molecule has 1 aliphatic carbocycles. The molecule has 1 aliphatic heterocycles. The first-order valence-corrected chi connectivity index (χ1v) is 12.1. The summed E-state index contributed by atoms with van der Waals surface area (Å²) in [5, 5.41) is 4.73. The molecule has 0 bridgehead atoms. The van der Waals surface area contributed by atoms with Crippen LogP contribution in [0.5, 0.6) is 0 Å². The van der Waals surface area contributed by atoms with E-state index in [4.69, 9.17) is 28.9 Å². The SMILES string of the molecule is Cn1c2c(c(-c3cccc(Cl)c3)cc1=O)C=C([C@]([NH3+])(c1ccc(Cl)cc1)[C@H]1CNC=[N+]1C)CC2. The highest BCUT2D eigenvalue weighted by atomic mass is 35.5. The van der Waals surface area contributed by atoms with E-state index in [1.807, 2.05) is 49.8 Å². The van der Waals surface area contributed by atoms with Crippen molar-refractivity contribution in [3.63, 3.8) is 0 Å². The fraction of sp³-hybridized carbons (Fsp3) is 0.259. The summed E-state index contributed by atoms with van der Waals surface area (Å²) in [7, 11) is 3.93. The number of halogens is 2. The van der Waals surface area contributed by atoms with Crippen LogP contribution in [0.1, 0.15) is 23.2 Å². The van der Waals surface area contributed by atoms with Gasteiger partial charge in [0, 0.05) is 45.6 Å². The summed E-state index contributed by atoms with van der Waals surface area (Å²) in [4.78, 5) is 12.8. The number of aromatic nitrogens is 1. The molecule has 0 saturated carbocycles. The van der Waals surface area contributed by atoms with Crippen LogP contribution in [0.4, 0.5) is 0 Å². The van der Waals surface area contributed by atoms with Gasteiger partial charge in [-0.05, 0) is 54.3 Å². The maximum Gasteiger partial charge on any atom is 0.251 e. The quantitative estimate of drug-likeness (QED) is 0.545. The van der Waals surface area contributed by atoms with Gasteiger partial charge in [0.15, 0.2) is 11.6 Å². The number of nitrogens with one attached hydrogen (secondary N) is 1. The van der Waals surface area contributed by atoms with Crippen molar-refractivity contribution in [3.05, 3.63) is 97.4 Å². The Morgan fingerprint density at radius 2 is 1.85 bits per heavy atom. The molecule has 7 heteroatoms. The van der Waals surface area contributed by atoms with Gasteiger partial charge in [0.2, 0.25) is 6.34 Å². The molecule has 2 aliphatic rings. The third kappa shape index (κ3) is 3.78. The normalized spacial score (nSPS) is 19.0. The zero-order valence-corrected chi connectivity index (χ0v) is 20.8. The molecule has 2 aromatic carbocycles. The summed E-state index contributed by atoms with van der Waals surface area (Å²) < 4.78 is 3.97. The fourth-order valence-electron chi connectivity index (χ4n) is 5.38. The molecule has 34 heavy (non-hydrogen) atoms. The van der Waals surface area contributed by atoms with Gasteiger partial charge in [-0.3, -0.25) is 14.7 Å². The molecule has 0 fully saturated rings. The van der Waals surface area contributed by atoms with Crippen LogP contribution in [-0.2, 0) is 19.0 Å². The second-order valence-corrected chi connectivity index (χ2v) is 10.1. The summed E-state index contributed by atoms with van der Waals surface area (Å²) >= 11 is 12.5. The van der Waals surface area contributed by atoms with Gasteiger partial charge < -0.3 is 10.3 Å². The summed E-state index contributed by atoms with van der Waals surface area (Å²) in [6.45, 7) is 0.793. The Morgan fingerprint density at radius 3 is 2.53 bits per heavy atom. The van der Waals surface area contributed by atoms with Crippen LogP contribution in [0.15, 0.2) is 65.0 Å². The highest BCUT2D eigenvalue weighted by molar-refractivity contribution is 6.31. The Bertz CT molecular complexity index is 1390. The zero-order valence-electron chi connectivity index (χ0n) is 19.3. The largest absolute Gasteiger partial charge is 0.342 e. The molecule has 4 N–H and O–H groups in total. The van der Waals surface area contributed by atoms with Crippen LogP contribution in [-0.4, -0.2) is 35.1 Å². The van der Waals surface area contributed by atoms with Crippen molar-refractivity contribution in [1.29, 1.82) is 0 Å². The van der Waals surface area contributed by atoms with Crippen molar-refractivity contribution >= 4 is 35.6 Å². The van der Waals surface area contributed by atoms with Gasteiger partial charge in [-0.15, -0.1) is 0 Å². The van der Waals surface area contributed by atoms with Gasteiger partial charge in [-0.2, -0.15) is 0 Å². The average Bonchev–Trinajstić information content (AvgIpc) is 3.27. The zero-order chi connectivity index (χ0) is 24.0. The van der Waals surface area contributed by atoms with Crippen molar-refractivity contribution in [1.82, 2.24) is 9.88 Å². The van der Waals surface area contributed by atoms with Gasteiger partial charge in [-0.25, -0.2) is 0 Å². The topological polar surface area (TPSA) is 64.7 Å². The van der Waals surface area contributed by atoms with Gasteiger partial charge in [-0.1, -0.05) is 47.5 Å². The number of hydrogen-bond acceptors (Lipinski definition) is 2. The van der Waals surface area contributed by atoms with Gasteiger partial charge in [0.25, 0.3) is 5.56 Å². The van der Waals surface area contributed by atoms with E-state index in [2.05, 4.69) is 35.1 Å². The van der Waals surface area contributed by atoms with E-state index in [-0.39, 0.29) is 11.6 Å². The number of hydrogen-bond donors (Lipinski definition) is 2. The van der Waals surface area contributed by atoms with E-state index in [9.17, 15) is 4.79 Å². The summed E-state index contributed by atoms with van der Waals surface area (Å²) in [6, 6.07) is 17.6. The van der Waals surface area contributed by atoms with Crippen LogP contribution < -0.4 is 16.6 Å². The van der Waals surface area contributed by atoms with E-state index >= 15 is 0 Å². The lowest BCUT2D eigenvalue weighted by molar-refractivity contribution is -0.611. The third-order valence-corrected chi connectivity index (χ3v) is 7.78. The Kier molecular flexibility index (Phi) is 5.88. The first kappa shape index (κ1) is 22.9. The number of pyridine rings is 1. The lowest BCUT2D eigenvalue weighted by Gasteiger charge is -2.35. The minimum atomic E-state index is -0.503. The van der Waals surface area contributed by atoms with Crippen LogP contribution >= 0.6 is 23.2 Å². The maximum atomic E-state index is 12.8. The second kappa shape index (κ2) is 8.73. The molecular formula is C27H28Cl2N4O+2. The lowest BCUT2D eigenvalue weighted by Crippen LogP contribution is -2.78.